The summed E-state index contributed by atoms with van der Waals surface area (Å²) in [4.78, 5) is 10.4. The molecule has 6 heteroatoms. The van der Waals surface area contributed by atoms with Crippen molar-refractivity contribution in [2.45, 2.75) is 12.7 Å². The highest BCUT2D eigenvalue weighted by atomic mass is 16.6. The zero-order chi connectivity index (χ0) is 15.4. The Morgan fingerprint density at radius 2 is 1.91 bits per heavy atom. The summed E-state index contributed by atoms with van der Waals surface area (Å²) in [6, 6.07) is 13.9. The monoisotopic (exact) mass is 301 g/mol. The van der Waals surface area contributed by atoms with Crippen LogP contribution in [0.3, 0.4) is 0 Å². The first-order chi connectivity index (χ1) is 10.7. The van der Waals surface area contributed by atoms with Crippen LogP contribution in [0.1, 0.15) is 5.56 Å². The molecule has 0 radical (unpaired) electrons. The zero-order valence-electron chi connectivity index (χ0n) is 11.8. The molecule has 1 heterocycles. The standard InChI is InChI=1S/C16H15NO5/c18-17(19)13-6-7-15(22-11-14-10-20-14)16(8-13)21-9-12-4-2-1-3-5-12/h1-8,14H,9-11H2/t14-/m0/s1. The van der Waals surface area contributed by atoms with E-state index in [2.05, 4.69) is 0 Å². The SMILES string of the molecule is O=[N+]([O-])c1ccc(OC[C@@H]2CO2)c(OCc2ccccc2)c1. The molecule has 1 atom stereocenters. The van der Waals surface area contributed by atoms with Gasteiger partial charge >= 0.3 is 0 Å². The Kier molecular flexibility index (Phi) is 4.20. The van der Waals surface area contributed by atoms with Crippen molar-refractivity contribution in [2.24, 2.45) is 0 Å². The average Bonchev–Trinajstić information content (AvgIpc) is 3.36. The highest BCUT2D eigenvalue weighted by molar-refractivity contribution is 5.48. The number of benzene rings is 2. The van der Waals surface area contributed by atoms with E-state index in [-0.39, 0.29) is 11.8 Å². The first kappa shape index (κ1) is 14.3. The van der Waals surface area contributed by atoms with E-state index in [0.29, 0.717) is 31.3 Å². The van der Waals surface area contributed by atoms with E-state index in [1.54, 1.807) is 6.07 Å². The minimum absolute atomic E-state index is 0.0296. The summed E-state index contributed by atoms with van der Waals surface area (Å²) < 4.78 is 16.4. The van der Waals surface area contributed by atoms with Crippen LogP contribution >= 0.6 is 0 Å². The van der Waals surface area contributed by atoms with Gasteiger partial charge in [-0.05, 0) is 11.6 Å². The van der Waals surface area contributed by atoms with Gasteiger partial charge in [-0.3, -0.25) is 10.1 Å². The molecule has 114 valence electrons. The molecular weight excluding hydrogens is 286 g/mol. The minimum atomic E-state index is -0.455. The predicted molar refractivity (Wildman–Crippen MR) is 79.1 cm³/mol. The fraction of sp³-hybridized carbons (Fsp3) is 0.250. The van der Waals surface area contributed by atoms with E-state index in [1.807, 2.05) is 30.3 Å². The van der Waals surface area contributed by atoms with Crippen LogP contribution in [0.2, 0.25) is 0 Å². The highest BCUT2D eigenvalue weighted by Gasteiger charge is 2.24. The van der Waals surface area contributed by atoms with E-state index < -0.39 is 4.92 Å². The van der Waals surface area contributed by atoms with Gasteiger partial charge in [0.2, 0.25) is 0 Å². The van der Waals surface area contributed by atoms with Gasteiger partial charge < -0.3 is 14.2 Å². The van der Waals surface area contributed by atoms with Crippen LogP contribution in [-0.4, -0.2) is 24.2 Å². The van der Waals surface area contributed by atoms with Gasteiger partial charge in [-0.25, -0.2) is 0 Å². The lowest BCUT2D eigenvalue weighted by molar-refractivity contribution is -0.385. The van der Waals surface area contributed by atoms with Gasteiger partial charge in [-0.15, -0.1) is 0 Å². The molecule has 0 aromatic heterocycles. The molecule has 2 aromatic carbocycles. The first-order valence-electron chi connectivity index (χ1n) is 6.92. The van der Waals surface area contributed by atoms with Crippen molar-refractivity contribution in [3.8, 4) is 11.5 Å². The van der Waals surface area contributed by atoms with Gasteiger partial charge in [-0.2, -0.15) is 0 Å². The number of nitrogens with zero attached hydrogens (tertiary/aromatic N) is 1. The molecule has 1 saturated heterocycles. The van der Waals surface area contributed by atoms with Crippen molar-refractivity contribution >= 4 is 5.69 Å². The summed E-state index contributed by atoms with van der Waals surface area (Å²) in [5.74, 6) is 0.843. The number of hydrogen-bond donors (Lipinski definition) is 0. The number of rotatable bonds is 7. The van der Waals surface area contributed by atoms with Crippen molar-refractivity contribution in [3.05, 3.63) is 64.2 Å². The second kappa shape index (κ2) is 6.44. The number of non-ortho nitro benzene ring substituents is 1. The van der Waals surface area contributed by atoms with Crippen molar-refractivity contribution < 1.29 is 19.1 Å². The molecule has 0 N–H and O–H groups in total. The highest BCUT2D eigenvalue weighted by Crippen LogP contribution is 2.32. The molecule has 0 aliphatic carbocycles. The van der Waals surface area contributed by atoms with Crippen molar-refractivity contribution in [3.63, 3.8) is 0 Å². The summed E-state index contributed by atoms with van der Waals surface area (Å²) >= 11 is 0. The van der Waals surface area contributed by atoms with Crippen LogP contribution in [0.25, 0.3) is 0 Å². The third-order valence-electron chi connectivity index (χ3n) is 3.20. The molecule has 1 aliphatic rings. The van der Waals surface area contributed by atoms with Gasteiger partial charge in [0.05, 0.1) is 17.6 Å². The van der Waals surface area contributed by atoms with Crippen molar-refractivity contribution in [2.75, 3.05) is 13.2 Å². The third-order valence-corrected chi connectivity index (χ3v) is 3.20. The molecule has 0 unspecified atom stereocenters. The van der Waals surface area contributed by atoms with Crippen LogP contribution in [0, 0.1) is 10.1 Å². The number of hydrogen-bond acceptors (Lipinski definition) is 5. The van der Waals surface area contributed by atoms with E-state index in [1.165, 1.54) is 12.1 Å². The predicted octanol–water partition coefficient (Wildman–Crippen LogP) is 2.95. The fourth-order valence-electron chi connectivity index (χ4n) is 1.92. The van der Waals surface area contributed by atoms with Crippen LogP contribution in [0.4, 0.5) is 5.69 Å². The molecule has 0 amide bonds. The number of nitro benzene ring substituents is 1. The Balaban J connectivity index is 1.74. The summed E-state index contributed by atoms with van der Waals surface area (Å²) in [5, 5.41) is 10.9. The van der Waals surface area contributed by atoms with Gasteiger partial charge in [0.1, 0.15) is 19.3 Å². The smallest absolute Gasteiger partial charge is 0.273 e. The van der Waals surface area contributed by atoms with Crippen molar-refractivity contribution in [1.29, 1.82) is 0 Å². The molecule has 1 aliphatic heterocycles. The van der Waals surface area contributed by atoms with Gasteiger partial charge in [0.15, 0.2) is 11.5 Å². The Bertz CT molecular complexity index is 655. The van der Waals surface area contributed by atoms with Gasteiger partial charge in [-0.1, -0.05) is 30.3 Å². The summed E-state index contributed by atoms with van der Waals surface area (Å²) in [7, 11) is 0. The average molecular weight is 301 g/mol. The maximum absolute atomic E-state index is 10.9. The molecule has 2 aromatic rings. The number of epoxide rings is 1. The second-order valence-electron chi connectivity index (χ2n) is 4.93. The summed E-state index contributed by atoms with van der Waals surface area (Å²) in [6.45, 7) is 1.42. The Morgan fingerprint density at radius 3 is 2.59 bits per heavy atom. The quantitative estimate of drug-likeness (QED) is 0.446. The fourth-order valence-corrected chi connectivity index (χ4v) is 1.92. The van der Waals surface area contributed by atoms with Gasteiger partial charge in [0.25, 0.3) is 5.69 Å². The van der Waals surface area contributed by atoms with E-state index in [0.717, 1.165) is 5.56 Å². The lowest BCUT2D eigenvalue weighted by Gasteiger charge is -2.12. The van der Waals surface area contributed by atoms with Crippen LogP contribution in [0.15, 0.2) is 48.5 Å². The Labute approximate surface area is 127 Å². The largest absolute Gasteiger partial charge is 0.487 e. The van der Waals surface area contributed by atoms with Crippen LogP contribution in [-0.2, 0) is 11.3 Å². The normalized spacial score (nSPS) is 16.1. The number of ether oxygens (including phenoxy) is 3. The maximum Gasteiger partial charge on any atom is 0.273 e. The molecule has 1 fully saturated rings. The lowest BCUT2D eigenvalue weighted by atomic mass is 10.2. The molecule has 3 rings (SSSR count). The van der Waals surface area contributed by atoms with Crippen LogP contribution in [0.5, 0.6) is 11.5 Å². The Morgan fingerprint density at radius 1 is 1.14 bits per heavy atom. The molecule has 0 saturated carbocycles. The molecule has 0 spiro atoms. The minimum Gasteiger partial charge on any atom is -0.487 e. The molecule has 22 heavy (non-hydrogen) atoms. The van der Waals surface area contributed by atoms with E-state index >= 15 is 0 Å². The zero-order valence-corrected chi connectivity index (χ0v) is 11.8. The molecular formula is C16H15NO5. The number of nitro groups is 1. The third kappa shape index (κ3) is 3.73. The summed E-state index contributed by atoms with van der Waals surface area (Å²) in [5.41, 5.74) is 0.948. The maximum atomic E-state index is 10.9. The van der Waals surface area contributed by atoms with Crippen molar-refractivity contribution in [1.82, 2.24) is 0 Å². The second-order valence-corrected chi connectivity index (χ2v) is 4.93. The topological polar surface area (TPSA) is 74.1 Å². The molecule has 0 bridgehead atoms. The van der Waals surface area contributed by atoms with E-state index in [4.69, 9.17) is 14.2 Å². The molecule has 6 nitrogen and oxygen atoms in total. The lowest BCUT2D eigenvalue weighted by Crippen LogP contribution is -2.06. The van der Waals surface area contributed by atoms with Crippen LogP contribution < -0.4 is 9.47 Å². The van der Waals surface area contributed by atoms with Gasteiger partial charge in [0, 0.05) is 6.07 Å². The Hall–Kier alpha value is -2.60. The first-order valence-corrected chi connectivity index (χ1v) is 6.92. The summed E-state index contributed by atoms with van der Waals surface area (Å²) in [6.07, 6.45) is 0.108. The van der Waals surface area contributed by atoms with E-state index in [9.17, 15) is 10.1 Å².